The molecule has 0 radical (unpaired) electrons. The summed E-state index contributed by atoms with van der Waals surface area (Å²) in [5.74, 6) is 0.557. The molecule has 1 aliphatic rings. The van der Waals surface area contributed by atoms with Crippen molar-refractivity contribution < 1.29 is 19.0 Å². The topological polar surface area (TPSA) is 41.9 Å². The molecule has 1 aliphatic carbocycles. The Bertz CT molecular complexity index is 765. The lowest BCUT2D eigenvalue weighted by Crippen LogP contribution is -2.46. The van der Waals surface area contributed by atoms with Crippen LogP contribution in [0.4, 0.5) is 4.39 Å². The van der Waals surface area contributed by atoms with Gasteiger partial charge in [0.05, 0.1) is 25.4 Å². The first kappa shape index (κ1) is 20.8. The van der Waals surface area contributed by atoms with Gasteiger partial charge in [0, 0.05) is 12.5 Å². The first-order valence-electron chi connectivity index (χ1n) is 9.78. The van der Waals surface area contributed by atoms with Crippen molar-refractivity contribution in [3.63, 3.8) is 0 Å². The van der Waals surface area contributed by atoms with E-state index in [1.165, 1.54) is 12.1 Å². The second-order valence-corrected chi connectivity index (χ2v) is 7.95. The van der Waals surface area contributed by atoms with Gasteiger partial charge in [-0.1, -0.05) is 24.3 Å². The van der Waals surface area contributed by atoms with Crippen LogP contribution >= 0.6 is 0 Å². The Hall–Kier alpha value is -1.95. The first-order valence-corrected chi connectivity index (χ1v) is 9.78. The molecule has 28 heavy (non-hydrogen) atoms. The lowest BCUT2D eigenvalue weighted by Gasteiger charge is -2.44. The van der Waals surface area contributed by atoms with Crippen LogP contribution in [0, 0.1) is 11.7 Å². The van der Waals surface area contributed by atoms with Gasteiger partial charge < -0.3 is 19.5 Å². The number of hydrogen-bond donors (Lipinski definition) is 1. The van der Waals surface area contributed by atoms with E-state index in [1.807, 2.05) is 38.4 Å². The highest BCUT2D eigenvalue weighted by atomic mass is 19.1. The van der Waals surface area contributed by atoms with E-state index in [1.54, 1.807) is 19.2 Å². The maximum atomic E-state index is 13.1. The molecule has 152 valence electrons. The second-order valence-electron chi connectivity index (χ2n) is 7.95. The van der Waals surface area contributed by atoms with E-state index in [0.29, 0.717) is 13.0 Å². The van der Waals surface area contributed by atoms with Gasteiger partial charge in [-0.2, -0.15) is 0 Å². The fraction of sp³-hybridized carbons (Fsp3) is 0.478. The molecule has 3 atom stereocenters. The number of rotatable bonds is 7. The third-order valence-corrected chi connectivity index (χ3v) is 5.62. The molecular weight excluding hydrogens is 357 g/mol. The number of benzene rings is 2. The summed E-state index contributed by atoms with van der Waals surface area (Å²) in [5, 5.41) is 11.6. The summed E-state index contributed by atoms with van der Waals surface area (Å²) in [6.45, 7) is 1.22. The number of hydrogen-bond acceptors (Lipinski definition) is 4. The smallest absolute Gasteiger partial charge is 0.123 e. The highest BCUT2D eigenvalue weighted by Gasteiger charge is 2.44. The minimum Gasteiger partial charge on any atom is -0.497 e. The molecule has 0 saturated heterocycles. The van der Waals surface area contributed by atoms with Gasteiger partial charge in [0.2, 0.25) is 0 Å². The van der Waals surface area contributed by atoms with Crippen molar-refractivity contribution in [1.82, 2.24) is 4.90 Å². The molecule has 2 aromatic carbocycles. The van der Waals surface area contributed by atoms with Crippen molar-refractivity contribution in [3.05, 3.63) is 65.5 Å². The first-order chi connectivity index (χ1) is 13.4. The Balaban J connectivity index is 1.72. The number of aliphatic hydroxyl groups is 1. The molecule has 0 heterocycles. The number of nitrogens with zero attached hydrogens (tertiary/aromatic N) is 1. The largest absolute Gasteiger partial charge is 0.497 e. The van der Waals surface area contributed by atoms with Crippen molar-refractivity contribution in [2.45, 2.75) is 37.6 Å². The summed E-state index contributed by atoms with van der Waals surface area (Å²) >= 11 is 0. The Labute approximate surface area is 166 Å². The second kappa shape index (κ2) is 9.03. The van der Waals surface area contributed by atoms with E-state index in [2.05, 4.69) is 4.90 Å². The molecule has 0 amide bonds. The minimum atomic E-state index is -0.908. The lowest BCUT2D eigenvalue weighted by molar-refractivity contribution is -0.110. The molecule has 5 heteroatoms. The summed E-state index contributed by atoms with van der Waals surface area (Å²) < 4.78 is 24.5. The van der Waals surface area contributed by atoms with Gasteiger partial charge in [-0.15, -0.1) is 0 Å². The molecule has 0 unspecified atom stereocenters. The number of halogens is 1. The maximum absolute atomic E-state index is 13.1. The van der Waals surface area contributed by atoms with Gasteiger partial charge in [-0.25, -0.2) is 4.39 Å². The monoisotopic (exact) mass is 387 g/mol. The van der Waals surface area contributed by atoms with E-state index in [9.17, 15) is 9.50 Å². The Morgan fingerprint density at radius 3 is 2.61 bits per heavy atom. The van der Waals surface area contributed by atoms with Gasteiger partial charge in [-0.3, -0.25) is 0 Å². The molecule has 3 rings (SSSR count). The zero-order valence-corrected chi connectivity index (χ0v) is 16.9. The average molecular weight is 387 g/mol. The Morgan fingerprint density at radius 2 is 1.93 bits per heavy atom. The van der Waals surface area contributed by atoms with Gasteiger partial charge in [0.25, 0.3) is 0 Å². The maximum Gasteiger partial charge on any atom is 0.123 e. The van der Waals surface area contributed by atoms with E-state index in [0.717, 1.165) is 36.3 Å². The highest BCUT2D eigenvalue weighted by Crippen LogP contribution is 2.43. The Kier molecular flexibility index (Phi) is 6.70. The van der Waals surface area contributed by atoms with E-state index in [4.69, 9.17) is 9.47 Å². The summed E-state index contributed by atoms with van der Waals surface area (Å²) in [6, 6.07) is 14.1. The van der Waals surface area contributed by atoms with Crippen LogP contribution in [0.15, 0.2) is 48.5 Å². The van der Waals surface area contributed by atoms with Crippen molar-refractivity contribution >= 4 is 0 Å². The molecular formula is C23H30FNO3. The van der Waals surface area contributed by atoms with E-state index in [-0.39, 0.29) is 17.8 Å². The van der Waals surface area contributed by atoms with Crippen molar-refractivity contribution in [2.75, 3.05) is 27.7 Å². The summed E-state index contributed by atoms with van der Waals surface area (Å²) in [6.07, 6.45) is 2.25. The summed E-state index contributed by atoms with van der Waals surface area (Å²) in [7, 11) is 5.69. The molecule has 1 fully saturated rings. The van der Waals surface area contributed by atoms with Crippen molar-refractivity contribution in [1.29, 1.82) is 0 Å². The predicted molar refractivity (Wildman–Crippen MR) is 108 cm³/mol. The fourth-order valence-electron chi connectivity index (χ4n) is 4.10. The summed E-state index contributed by atoms with van der Waals surface area (Å²) in [5.41, 5.74) is 0.948. The van der Waals surface area contributed by atoms with Crippen molar-refractivity contribution in [2.24, 2.45) is 5.92 Å². The van der Waals surface area contributed by atoms with E-state index >= 15 is 0 Å². The summed E-state index contributed by atoms with van der Waals surface area (Å²) in [4.78, 5) is 2.11. The van der Waals surface area contributed by atoms with Gasteiger partial charge in [-0.05, 0) is 68.8 Å². The van der Waals surface area contributed by atoms with Crippen LogP contribution in [-0.2, 0) is 16.9 Å². The number of ether oxygens (including phenoxy) is 2. The molecule has 0 spiro atoms. The third-order valence-electron chi connectivity index (χ3n) is 5.62. The minimum absolute atomic E-state index is 0.0431. The average Bonchev–Trinajstić information content (AvgIpc) is 2.69. The van der Waals surface area contributed by atoms with Crippen molar-refractivity contribution in [3.8, 4) is 5.75 Å². The zero-order chi connectivity index (χ0) is 20.1. The molecule has 0 aliphatic heterocycles. The molecule has 0 bridgehead atoms. The van der Waals surface area contributed by atoms with Crippen LogP contribution in [0.5, 0.6) is 5.75 Å². The van der Waals surface area contributed by atoms with E-state index < -0.39 is 5.60 Å². The zero-order valence-electron chi connectivity index (χ0n) is 16.9. The Morgan fingerprint density at radius 1 is 1.18 bits per heavy atom. The van der Waals surface area contributed by atoms with Crippen LogP contribution in [0.3, 0.4) is 0 Å². The predicted octanol–water partition coefficient (Wildman–Crippen LogP) is 3.97. The number of methoxy groups -OCH3 is 1. The van der Waals surface area contributed by atoms with Gasteiger partial charge in [0.15, 0.2) is 0 Å². The van der Waals surface area contributed by atoms with Crippen LogP contribution < -0.4 is 4.74 Å². The molecule has 2 aromatic rings. The molecule has 1 N–H and O–H groups in total. The molecule has 4 nitrogen and oxygen atoms in total. The molecule has 0 aromatic heterocycles. The van der Waals surface area contributed by atoms with Gasteiger partial charge in [0.1, 0.15) is 11.6 Å². The molecule has 1 saturated carbocycles. The fourth-order valence-corrected chi connectivity index (χ4v) is 4.10. The highest BCUT2D eigenvalue weighted by molar-refractivity contribution is 5.33. The SMILES string of the molecule is COc1cccc([C@@]2(O)CC[C@H](OCc3ccc(F)cc3)C[C@@H]2CN(C)C)c1. The quantitative estimate of drug-likeness (QED) is 0.781. The van der Waals surface area contributed by atoms with Crippen LogP contribution in [0.2, 0.25) is 0 Å². The normalized spacial score (nSPS) is 25.1. The third kappa shape index (κ3) is 4.90. The van der Waals surface area contributed by atoms with Crippen LogP contribution in [-0.4, -0.2) is 43.9 Å². The van der Waals surface area contributed by atoms with Gasteiger partial charge >= 0.3 is 0 Å². The standard InChI is InChI=1S/C23H30FNO3/c1-25(2)15-19-14-22(28-16-17-7-9-20(24)10-8-17)11-12-23(19,26)18-5-4-6-21(13-18)27-3/h4-10,13,19,22,26H,11-12,14-16H2,1-3H3/t19-,22+,23+/m1/s1. The van der Waals surface area contributed by atoms with Crippen LogP contribution in [0.1, 0.15) is 30.4 Å². The lowest BCUT2D eigenvalue weighted by atomic mass is 9.70. The van der Waals surface area contributed by atoms with Crippen LogP contribution in [0.25, 0.3) is 0 Å².